The predicted octanol–water partition coefficient (Wildman–Crippen LogP) is -3.50. The van der Waals surface area contributed by atoms with Crippen LogP contribution in [0.25, 0.3) is 10.9 Å². The van der Waals surface area contributed by atoms with Crippen LogP contribution in [0.15, 0.2) is 24.7 Å². The summed E-state index contributed by atoms with van der Waals surface area (Å²) in [4.78, 5) is 28.0. The molecular weight excluding hydrogens is 223 g/mol. The van der Waals surface area contributed by atoms with Crippen LogP contribution in [0.4, 0.5) is 0 Å². The number of rotatable bonds is 2. The van der Waals surface area contributed by atoms with Gasteiger partial charge in [0, 0.05) is 23.3 Å². The maximum Gasteiger partial charge on any atom is 1.00 e. The Morgan fingerprint density at radius 3 is 2.80 bits per heavy atom. The van der Waals surface area contributed by atoms with Gasteiger partial charge in [-0.15, -0.1) is 0 Å². The minimum absolute atomic E-state index is 0. The van der Waals surface area contributed by atoms with Crippen LogP contribution in [0.2, 0.25) is 0 Å². The van der Waals surface area contributed by atoms with Crippen LogP contribution in [0.5, 0.6) is 0 Å². The van der Waals surface area contributed by atoms with E-state index in [9.17, 15) is 14.7 Å². The molecular formula is C9H5KN2O3. The number of hydrogen-bond donors (Lipinski definition) is 1. The summed E-state index contributed by atoms with van der Waals surface area (Å²) in [5, 5.41) is 10.9. The van der Waals surface area contributed by atoms with E-state index < -0.39 is 11.8 Å². The molecule has 0 amide bonds. The Bertz CT molecular complexity index is 521. The van der Waals surface area contributed by atoms with Crippen molar-refractivity contribution in [1.82, 2.24) is 9.97 Å². The van der Waals surface area contributed by atoms with E-state index in [0.717, 1.165) is 0 Å². The number of ketones is 1. The molecule has 0 atom stereocenters. The molecule has 0 aliphatic rings. The Hall–Kier alpha value is -0.534. The number of Topliss-reactive ketones (excluding diaryl/α,β-unsaturated/α-hetero) is 1. The van der Waals surface area contributed by atoms with Crippen molar-refractivity contribution in [3.63, 3.8) is 0 Å². The predicted molar refractivity (Wildman–Crippen MR) is 45.4 cm³/mol. The van der Waals surface area contributed by atoms with E-state index in [2.05, 4.69) is 9.97 Å². The molecule has 5 nitrogen and oxygen atoms in total. The van der Waals surface area contributed by atoms with Gasteiger partial charge in [0.1, 0.15) is 5.97 Å². The van der Waals surface area contributed by atoms with Crippen LogP contribution in [-0.4, -0.2) is 21.7 Å². The van der Waals surface area contributed by atoms with Gasteiger partial charge in [0.15, 0.2) is 0 Å². The van der Waals surface area contributed by atoms with E-state index in [1.807, 2.05) is 0 Å². The van der Waals surface area contributed by atoms with Crippen molar-refractivity contribution in [3.8, 4) is 0 Å². The molecule has 0 fully saturated rings. The molecule has 6 heteroatoms. The molecule has 0 saturated heterocycles. The van der Waals surface area contributed by atoms with Gasteiger partial charge in [-0.3, -0.25) is 9.78 Å². The van der Waals surface area contributed by atoms with Gasteiger partial charge in [-0.25, -0.2) is 0 Å². The quantitative estimate of drug-likeness (QED) is 0.328. The molecule has 2 heterocycles. The molecule has 2 rings (SSSR count). The van der Waals surface area contributed by atoms with Crippen molar-refractivity contribution in [2.45, 2.75) is 0 Å². The van der Waals surface area contributed by atoms with Crippen molar-refractivity contribution < 1.29 is 66.1 Å². The van der Waals surface area contributed by atoms with Crippen molar-refractivity contribution in [2.24, 2.45) is 0 Å². The molecule has 0 aliphatic heterocycles. The SMILES string of the molecule is O=C([O-])C(=O)c1c[nH]c2cnccc12.[K+]. The molecule has 0 aliphatic carbocycles. The molecule has 0 aromatic carbocycles. The van der Waals surface area contributed by atoms with Crippen molar-refractivity contribution in [2.75, 3.05) is 0 Å². The van der Waals surface area contributed by atoms with Crippen LogP contribution in [0.3, 0.4) is 0 Å². The van der Waals surface area contributed by atoms with Crippen molar-refractivity contribution >= 4 is 22.7 Å². The Balaban J connectivity index is 0.00000112. The van der Waals surface area contributed by atoms with Crippen LogP contribution in [0, 0.1) is 0 Å². The van der Waals surface area contributed by atoms with Gasteiger partial charge in [0.2, 0.25) is 5.78 Å². The third kappa shape index (κ3) is 2.35. The first-order valence-electron chi connectivity index (χ1n) is 3.87. The monoisotopic (exact) mass is 228 g/mol. The number of nitrogens with one attached hydrogen (secondary N) is 1. The maximum atomic E-state index is 11.1. The molecule has 15 heavy (non-hydrogen) atoms. The smallest absolute Gasteiger partial charge is 0.541 e. The van der Waals surface area contributed by atoms with E-state index >= 15 is 0 Å². The number of nitrogens with zero attached hydrogens (tertiary/aromatic N) is 1. The molecule has 70 valence electrons. The summed E-state index contributed by atoms with van der Waals surface area (Å²) in [5.74, 6) is -2.73. The van der Waals surface area contributed by atoms with Gasteiger partial charge in [-0.1, -0.05) is 0 Å². The van der Waals surface area contributed by atoms with Gasteiger partial charge in [-0.05, 0) is 6.07 Å². The number of aliphatic carboxylic acids is 1. The number of carbonyl (C=O) groups excluding carboxylic acids is 2. The van der Waals surface area contributed by atoms with Crippen molar-refractivity contribution in [1.29, 1.82) is 0 Å². The van der Waals surface area contributed by atoms with E-state index in [1.54, 1.807) is 6.07 Å². The van der Waals surface area contributed by atoms with E-state index in [1.165, 1.54) is 18.6 Å². The van der Waals surface area contributed by atoms with Crippen LogP contribution >= 0.6 is 0 Å². The Morgan fingerprint density at radius 1 is 1.40 bits per heavy atom. The Kier molecular flexibility index (Phi) is 4.18. The second kappa shape index (κ2) is 5.00. The molecule has 0 saturated carbocycles. The maximum absolute atomic E-state index is 11.1. The Morgan fingerprint density at radius 2 is 2.13 bits per heavy atom. The van der Waals surface area contributed by atoms with E-state index in [4.69, 9.17) is 0 Å². The van der Waals surface area contributed by atoms with E-state index in [-0.39, 0.29) is 56.9 Å². The summed E-state index contributed by atoms with van der Waals surface area (Å²) in [5.41, 5.74) is 0.722. The zero-order chi connectivity index (χ0) is 10.1. The van der Waals surface area contributed by atoms with Gasteiger partial charge in [-0.2, -0.15) is 0 Å². The van der Waals surface area contributed by atoms with E-state index in [0.29, 0.717) is 10.9 Å². The zero-order valence-corrected chi connectivity index (χ0v) is 11.1. The second-order valence-electron chi connectivity index (χ2n) is 2.74. The van der Waals surface area contributed by atoms with Crippen LogP contribution in [0.1, 0.15) is 10.4 Å². The summed E-state index contributed by atoms with van der Waals surface area (Å²) in [6.45, 7) is 0. The number of fused-ring (bicyclic) bond motifs is 1. The molecule has 0 radical (unpaired) electrons. The van der Waals surface area contributed by atoms with Crippen molar-refractivity contribution in [3.05, 3.63) is 30.2 Å². The summed E-state index contributed by atoms with van der Waals surface area (Å²) < 4.78 is 0. The summed E-state index contributed by atoms with van der Waals surface area (Å²) in [6, 6.07) is 1.57. The van der Waals surface area contributed by atoms with Gasteiger partial charge in [0.25, 0.3) is 0 Å². The average Bonchev–Trinajstić information content (AvgIpc) is 2.60. The molecule has 0 unspecified atom stereocenters. The van der Waals surface area contributed by atoms with Crippen LogP contribution < -0.4 is 56.5 Å². The fourth-order valence-electron chi connectivity index (χ4n) is 1.27. The average molecular weight is 228 g/mol. The van der Waals surface area contributed by atoms with Crippen LogP contribution in [-0.2, 0) is 4.79 Å². The zero-order valence-electron chi connectivity index (χ0n) is 7.98. The fourth-order valence-corrected chi connectivity index (χ4v) is 1.27. The first-order valence-corrected chi connectivity index (χ1v) is 3.87. The minimum Gasteiger partial charge on any atom is -0.541 e. The topological polar surface area (TPSA) is 85.9 Å². The number of carboxylic acids is 1. The summed E-state index contributed by atoms with van der Waals surface area (Å²) >= 11 is 0. The van der Waals surface area contributed by atoms with Gasteiger partial charge < -0.3 is 14.9 Å². The Labute approximate surface area is 127 Å². The molecule has 1 N–H and O–H groups in total. The fraction of sp³-hybridized carbons (Fsp3) is 0. The summed E-state index contributed by atoms with van der Waals surface area (Å²) in [7, 11) is 0. The summed E-state index contributed by atoms with van der Waals surface area (Å²) in [6.07, 6.45) is 4.34. The third-order valence-corrected chi connectivity index (χ3v) is 1.91. The number of H-pyrrole nitrogens is 1. The molecule has 0 spiro atoms. The standard InChI is InChI=1S/C9H6N2O3.K/c12-8(9(13)14)6-3-11-7-4-10-2-1-5(6)7;/h1-4,11H,(H,13,14);/q;+1/p-1. The number of carbonyl (C=O) groups is 2. The second-order valence-corrected chi connectivity index (χ2v) is 2.74. The first kappa shape index (κ1) is 12.5. The molecule has 2 aromatic heterocycles. The largest absolute Gasteiger partial charge is 1.00 e. The number of carboxylic acid groups (broad SMARTS) is 1. The normalized spacial score (nSPS) is 9.60. The number of pyridine rings is 1. The number of aromatic amines is 1. The van der Waals surface area contributed by atoms with Gasteiger partial charge >= 0.3 is 51.4 Å². The number of aromatic nitrogens is 2. The minimum atomic E-state index is -1.71. The molecule has 0 bridgehead atoms. The number of hydrogen-bond acceptors (Lipinski definition) is 4. The third-order valence-electron chi connectivity index (χ3n) is 1.91. The van der Waals surface area contributed by atoms with Gasteiger partial charge in [0.05, 0.1) is 11.7 Å². The first-order chi connectivity index (χ1) is 6.70. The molecule has 2 aromatic rings.